The van der Waals surface area contributed by atoms with Crippen LogP contribution in [0.4, 0.5) is 5.82 Å². The Morgan fingerprint density at radius 1 is 1.30 bits per heavy atom. The Balaban J connectivity index is 2.04. The molecule has 1 aliphatic rings. The SMILES string of the molecule is NC(=O)[C@@H]1C[C@@H](n2cnc3c(N)ncnc32)[C@H](O)[C@@H]1O. The van der Waals surface area contributed by atoms with Gasteiger partial charge in [0.25, 0.3) is 0 Å². The molecule has 2 aromatic rings. The molecule has 0 unspecified atom stereocenters. The highest BCUT2D eigenvalue weighted by Gasteiger charge is 2.45. The zero-order valence-electron chi connectivity index (χ0n) is 10.4. The van der Waals surface area contributed by atoms with Crippen LogP contribution in [0.25, 0.3) is 11.2 Å². The smallest absolute Gasteiger partial charge is 0.223 e. The molecule has 0 aliphatic heterocycles. The van der Waals surface area contributed by atoms with Gasteiger partial charge in [-0.05, 0) is 6.42 Å². The summed E-state index contributed by atoms with van der Waals surface area (Å²) in [5.41, 5.74) is 11.8. The van der Waals surface area contributed by atoms with Crippen molar-refractivity contribution < 1.29 is 15.0 Å². The molecule has 0 saturated heterocycles. The molecule has 9 nitrogen and oxygen atoms in total. The van der Waals surface area contributed by atoms with Crippen LogP contribution in [0, 0.1) is 5.92 Å². The lowest BCUT2D eigenvalue weighted by Crippen LogP contribution is -2.35. The zero-order chi connectivity index (χ0) is 14.4. The number of aliphatic hydroxyl groups excluding tert-OH is 2. The van der Waals surface area contributed by atoms with Crippen LogP contribution in [0.5, 0.6) is 0 Å². The van der Waals surface area contributed by atoms with Crippen molar-refractivity contribution in [2.24, 2.45) is 11.7 Å². The maximum absolute atomic E-state index is 11.3. The number of carbonyl (C=O) groups is 1. The highest BCUT2D eigenvalue weighted by Crippen LogP contribution is 2.36. The highest BCUT2D eigenvalue weighted by molar-refractivity contribution is 5.81. The van der Waals surface area contributed by atoms with E-state index in [0.717, 1.165) is 0 Å². The third kappa shape index (κ3) is 1.71. The van der Waals surface area contributed by atoms with E-state index in [1.807, 2.05) is 0 Å². The number of hydrogen-bond donors (Lipinski definition) is 4. The van der Waals surface area contributed by atoms with Crippen LogP contribution in [-0.2, 0) is 4.79 Å². The van der Waals surface area contributed by atoms with Gasteiger partial charge < -0.3 is 26.2 Å². The number of carbonyl (C=O) groups excluding carboxylic acids is 1. The van der Waals surface area contributed by atoms with Crippen molar-refractivity contribution in [2.45, 2.75) is 24.7 Å². The number of rotatable bonds is 2. The Hall–Kier alpha value is -2.26. The maximum Gasteiger partial charge on any atom is 0.223 e. The molecule has 6 N–H and O–H groups in total. The Morgan fingerprint density at radius 2 is 2.05 bits per heavy atom. The van der Waals surface area contributed by atoms with Gasteiger partial charge in [0.05, 0.1) is 24.4 Å². The molecule has 0 bridgehead atoms. The van der Waals surface area contributed by atoms with E-state index in [2.05, 4.69) is 15.0 Å². The van der Waals surface area contributed by atoms with Crippen molar-refractivity contribution >= 4 is 22.9 Å². The summed E-state index contributed by atoms with van der Waals surface area (Å²) in [6.45, 7) is 0. The molecule has 0 radical (unpaired) electrons. The highest BCUT2D eigenvalue weighted by atomic mass is 16.3. The topological polar surface area (TPSA) is 153 Å². The van der Waals surface area contributed by atoms with Gasteiger partial charge in [-0.25, -0.2) is 15.0 Å². The molecule has 4 atom stereocenters. The van der Waals surface area contributed by atoms with Crippen LogP contribution in [0.3, 0.4) is 0 Å². The number of aromatic nitrogens is 4. The Morgan fingerprint density at radius 3 is 2.70 bits per heavy atom. The molecule has 1 amide bonds. The molecule has 20 heavy (non-hydrogen) atoms. The summed E-state index contributed by atoms with van der Waals surface area (Å²) in [5.74, 6) is -1.21. The van der Waals surface area contributed by atoms with Gasteiger partial charge in [-0.1, -0.05) is 0 Å². The molecule has 0 spiro atoms. The first-order valence-corrected chi connectivity index (χ1v) is 6.09. The standard InChI is InChI=1S/C11H14N6O3/c12-9-6-11(15-2-14-9)17(3-16-6)5-1-4(10(13)20)7(18)8(5)19/h2-5,7-8,18-19H,1H2,(H2,13,20)(H2,12,14,15)/t4-,5-,7-,8+/m1/s1. The molecular formula is C11H14N6O3. The van der Waals surface area contributed by atoms with E-state index in [9.17, 15) is 15.0 Å². The van der Waals surface area contributed by atoms with Gasteiger partial charge in [0.15, 0.2) is 11.5 Å². The molecule has 106 valence electrons. The number of fused-ring (bicyclic) bond motifs is 1. The maximum atomic E-state index is 11.3. The minimum absolute atomic E-state index is 0.215. The predicted octanol–water partition coefficient (Wildman–Crippen LogP) is -1.82. The molecule has 9 heteroatoms. The summed E-state index contributed by atoms with van der Waals surface area (Å²) in [6, 6.07) is -0.540. The van der Waals surface area contributed by atoms with Crippen LogP contribution < -0.4 is 11.5 Å². The molecule has 3 rings (SSSR count). The summed E-state index contributed by atoms with van der Waals surface area (Å²) >= 11 is 0. The molecule has 2 heterocycles. The lowest BCUT2D eigenvalue weighted by atomic mass is 10.1. The molecule has 1 aliphatic carbocycles. The minimum atomic E-state index is -1.20. The van der Waals surface area contributed by atoms with Gasteiger partial charge >= 0.3 is 0 Å². The van der Waals surface area contributed by atoms with Crippen molar-refractivity contribution in [3.8, 4) is 0 Å². The average molecular weight is 278 g/mol. The quantitative estimate of drug-likeness (QED) is 0.504. The molecule has 1 saturated carbocycles. The summed E-state index contributed by atoms with van der Waals surface area (Å²) < 4.78 is 1.59. The number of amides is 1. The summed E-state index contributed by atoms with van der Waals surface area (Å²) in [7, 11) is 0. The van der Waals surface area contributed by atoms with E-state index in [4.69, 9.17) is 11.5 Å². The lowest BCUT2D eigenvalue weighted by Gasteiger charge is -2.17. The van der Waals surface area contributed by atoms with Crippen LogP contribution >= 0.6 is 0 Å². The Labute approximate surface area is 113 Å². The number of nitrogens with two attached hydrogens (primary N) is 2. The normalized spacial score (nSPS) is 29.9. The Kier molecular flexibility index (Phi) is 2.80. The number of aliphatic hydroxyl groups is 2. The van der Waals surface area contributed by atoms with Gasteiger partial charge in [-0.3, -0.25) is 4.79 Å². The summed E-state index contributed by atoms with van der Waals surface area (Å²) in [4.78, 5) is 23.3. The second kappa shape index (κ2) is 4.39. The van der Waals surface area contributed by atoms with E-state index in [1.165, 1.54) is 12.7 Å². The molecule has 0 aromatic carbocycles. The number of primary amides is 1. The second-order valence-corrected chi connectivity index (χ2v) is 4.88. The van der Waals surface area contributed by atoms with Gasteiger partial charge in [0, 0.05) is 0 Å². The number of nitrogens with zero attached hydrogens (tertiary/aromatic N) is 4. The van der Waals surface area contributed by atoms with Gasteiger partial charge in [-0.2, -0.15) is 0 Å². The van der Waals surface area contributed by atoms with Crippen molar-refractivity contribution in [3.05, 3.63) is 12.7 Å². The van der Waals surface area contributed by atoms with E-state index in [-0.39, 0.29) is 12.2 Å². The lowest BCUT2D eigenvalue weighted by molar-refractivity contribution is -0.125. The van der Waals surface area contributed by atoms with Gasteiger partial charge in [-0.15, -0.1) is 0 Å². The van der Waals surface area contributed by atoms with E-state index in [1.54, 1.807) is 4.57 Å². The summed E-state index contributed by atoms with van der Waals surface area (Å²) in [6.07, 6.45) is 0.640. The van der Waals surface area contributed by atoms with Crippen molar-refractivity contribution in [2.75, 3.05) is 5.73 Å². The fourth-order valence-corrected chi connectivity index (χ4v) is 2.68. The minimum Gasteiger partial charge on any atom is -0.390 e. The molecule has 1 fully saturated rings. The van der Waals surface area contributed by atoms with Crippen LogP contribution in [0.2, 0.25) is 0 Å². The molecular weight excluding hydrogens is 264 g/mol. The van der Waals surface area contributed by atoms with Crippen LogP contribution in [0.15, 0.2) is 12.7 Å². The third-order valence-corrected chi connectivity index (χ3v) is 3.76. The van der Waals surface area contributed by atoms with Crippen molar-refractivity contribution in [1.82, 2.24) is 19.5 Å². The van der Waals surface area contributed by atoms with Crippen LogP contribution in [0.1, 0.15) is 12.5 Å². The molecule has 2 aromatic heterocycles. The second-order valence-electron chi connectivity index (χ2n) is 4.88. The number of imidazole rings is 1. The van der Waals surface area contributed by atoms with Crippen LogP contribution in [-0.4, -0.2) is 47.8 Å². The first-order valence-electron chi connectivity index (χ1n) is 6.09. The van der Waals surface area contributed by atoms with E-state index < -0.39 is 30.1 Å². The number of nitrogen functional groups attached to an aromatic ring is 1. The van der Waals surface area contributed by atoms with E-state index >= 15 is 0 Å². The third-order valence-electron chi connectivity index (χ3n) is 3.76. The zero-order valence-corrected chi connectivity index (χ0v) is 10.4. The fourth-order valence-electron chi connectivity index (χ4n) is 2.68. The monoisotopic (exact) mass is 278 g/mol. The average Bonchev–Trinajstić information content (AvgIpc) is 2.94. The predicted molar refractivity (Wildman–Crippen MR) is 68.1 cm³/mol. The van der Waals surface area contributed by atoms with Gasteiger partial charge in [0.2, 0.25) is 5.91 Å². The first-order chi connectivity index (χ1) is 9.50. The summed E-state index contributed by atoms with van der Waals surface area (Å²) in [5, 5.41) is 20.0. The van der Waals surface area contributed by atoms with Gasteiger partial charge in [0.1, 0.15) is 17.9 Å². The van der Waals surface area contributed by atoms with Crippen molar-refractivity contribution in [1.29, 1.82) is 0 Å². The van der Waals surface area contributed by atoms with Crippen molar-refractivity contribution in [3.63, 3.8) is 0 Å². The van der Waals surface area contributed by atoms with E-state index in [0.29, 0.717) is 11.2 Å². The number of hydrogen-bond acceptors (Lipinski definition) is 7. The fraction of sp³-hybridized carbons (Fsp3) is 0.455. The largest absolute Gasteiger partial charge is 0.390 e. The number of anilines is 1. The Bertz CT molecular complexity index is 671. The first kappa shape index (κ1) is 12.8.